The lowest BCUT2D eigenvalue weighted by Gasteiger charge is -2.39. The molecule has 6 heteroatoms. The minimum atomic E-state index is -0.279. The second kappa shape index (κ2) is 7.78. The molecule has 3 rings (SSSR count). The molecule has 1 atom stereocenters. The highest BCUT2D eigenvalue weighted by Gasteiger charge is 2.32. The number of aromatic nitrogens is 2. The summed E-state index contributed by atoms with van der Waals surface area (Å²) in [7, 11) is 1.88. The van der Waals surface area contributed by atoms with Crippen molar-refractivity contribution < 1.29 is 9.18 Å². The smallest absolute Gasteiger partial charge is 0.239 e. The molecule has 1 aliphatic rings. The maximum Gasteiger partial charge on any atom is 0.239 e. The summed E-state index contributed by atoms with van der Waals surface area (Å²) in [5, 5.41) is 4.34. The molecule has 0 bridgehead atoms. The van der Waals surface area contributed by atoms with Crippen molar-refractivity contribution in [1.29, 1.82) is 0 Å². The Kier molecular flexibility index (Phi) is 5.48. The number of amides is 1. The Morgan fingerprint density at radius 1 is 1.32 bits per heavy atom. The fraction of sp³-hybridized carbons (Fsp3) is 0.474. The average molecular weight is 344 g/mol. The summed E-state index contributed by atoms with van der Waals surface area (Å²) in [5.74, 6) is -0.0731. The molecule has 5 nitrogen and oxygen atoms in total. The van der Waals surface area contributed by atoms with Crippen molar-refractivity contribution in [3.63, 3.8) is 0 Å². The van der Waals surface area contributed by atoms with Crippen LogP contribution in [0.15, 0.2) is 36.7 Å². The van der Waals surface area contributed by atoms with E-state index in [0.717, 1.165) is 37.9 Å². The number of rotatable bonds is 6. The van der Waals surface area contributed by atoms with Crippen LogP contribution in [0.4, 0.5) is 4.39 Å². The molecule has 0 radical (unpaired) electrons. The number of likely N-dealkylation sites (N-methyl/N-ethyl adjacent to an activating group) is 1. The topological polar surface area (TPSA) is 41.4 Å². The first kappa shape index (κ1) is 17.6. The van der Waals surface area contributed by atoms with Gasteiger partial charge >= 0.3 is 0 Å². The first-order chi connectivity index (χ1) is 12.1. The molecular weight excluding hydrogens is 319 g/mol. The molecule has 1 aliphatic heterocycles. The maximum absolute atomic E-state index is 13.4. The minimum absolute atomic E-state index is 0.0591. The molecule has 0 unspecified atom stereocenters. The first-order valence-electron chi connectivity index (χ1n) is 8.87. The normalized spacial score (nSPS) is 18.8. The largest absolute Gasteiger partial charge is 0.343 e. The SMILES string of the molecule is CCCC[C@H]1C(=O)N(C)CCN1Cc1cnn(-c2cccc(F)c2)c1. The molecule has 0 saturated carbocycles. The molecular formula is C19H25FN4O. The van der Waals surface area contributed by atoms with Gasteiger partial charge < -0.3 is 4.90 Å². The molecule has 2 aromatic rings. The third kappa shape index (κ3) is 4.07. The third-order valence-corrected chi connectivity index (χ3v) is 4.75. The van der Waals surface area contributed by atoms with Crippen LogP contribution in [0.25, 0.3) is 5.69 Å². The van der Waals surface area contributed by atoms with Crippen LogP contribution in [0.3, 0.4) is 0 Å². The van der Waals surface area contributed by atoms with Crippen molar-refractivity contribution >= 4 is 5.91 Å². The second-order valence-corrected chi connectivity index (χ2v) is 6.66. The van der Waals surface area contributed by atoms with Crippen LogP contribution < -0.4 is 0 Å². The van der Waals surface area contributed by atoms with E-state index in [0.29, 0.717) is 12.2 Å². The van der Waals surface area contributed by atoms with Crippen molar-refractivity contribution in [2.24, 2.45) is 0 Å². The number of nitrogens with zero attached hydrogens (tertiary/aromatic N) is 4. The first-order valence-corrected chi connectivity index (χ1v) is 8.87. The Morgan fingerprint density at radius 3 is 2.92 bits per heavy atom. The Morgan fingerprint density at radius 2 is 2.16 bits per heavy atom. The molecule has 0 spiro atoms. The lowest BCUT2D eigenvalue weighted by molar-refractivity contribution is -0.140. The molecule has 25 heavy (non-hydrogen) atoms. The highest BCUT2D eigenvalue weighted by Crippen LogP contribution is 2.19. The number of benzene rings is 1. The van der Waals surface area contributed by atoms with Crippen LogP contribution in [-0.4, -0.2) is 51.7 Å². The number of piperazine rings is 1. The van der Waals surface area contributed by atoms with Crippen LogP contribution in [-0.2, 0) is 11.3 Å². The number of carbonyl (C=O) groups is 1. The summed E-state index contributed by atoms with van der Waals surface area (Å²) in [6, 6.07) is 6.31. The molecule has 0 aliphatic carbocycles. The van der Waals surface area contributed by atoms with Gasteiger partial charge in [-0.3, -0.25) is 9.69 Å². The molecule has 1 fully saturated rings. The Hall–Kier alpha value is -2.21. The van der Waals surface area contributed by atoms with Gasteiger partial charge in [0.05, 0.1) is 17.9 Å². The highest BCUT2D eigenvalue weighted by molar-refractivity contribution is 5.82. The zero-order valence-corrected chi connectivity index (χ0v) is 14.9. The summed E-state index contributed by atoms with van der Waals surface area (Å²) in [6.45, 7) is 4.44. The summed E-state index contributed by atoms with van der Waals surface area (Å²) < 4.78 is 15.1. The van der Waals surface area contributed by atoms with Gasteiger partial charge in [-0.05, 0) is 24.6 Å². The Balaban J connectivity index is 1.73. The van der Waals surface area contributed by atoms with E-state index in [4.69, 9.17) is 0 Å². The van der Waals surface area contributed by atoms with Crippen molar-refractivity contribution in [1.82, 2.24) is 19.6 Å². The van der Waals surface area contributed by atoms with Crippen molar-refractivity contribution in [2.45, 2.75) is 38.8 Å². The number of hydrogen-bond acceptors (Lipinski definition) is 3. The quantitative estimate of drug-likeness (QED) is 0.809. The predicted octanol–water partition coefficient (Wildman–Crippen LogP) is 2.84. The fourth-order valence-electron chi connectivity index (χ4n) is 3.28. The number of halogens is 1. The molecule has 1 aromatic heterocycles. The van der Waals surface area contributed by atoms with Gasteiger partial charge in [-0.2, -0.15) is 5.10 Å². The van der Waals surface area contributed by atoms with Gasteiger partial charge in [0.15, 0.2) is 0 Å². The molecule has 1 aromatic carbocycles. The maximum atomic E-state index is 13.4. The molecule has 1 amide bonds. The lowest BCUT2D eigenvalue weighted by atomic mass is 10.0. The van der Waals surface area contributed by atoms with Gasteiger partial charge in [-0.15, -0.1) is 0 Å². The molecule has 2 heterocycles. The average Bonchev–Trinajstić information content (AvgIpc) is 3.06. The number of carbonyl (C=O) groups excluding carboxylic acids is 1. The molecule has 134 valence electrons. The predicted molar refractivity (Wildman–Crippen MR) is 94.9 cm³/mol. The van der Waals surface area contributed by atoms with Crippen LogP contribution in [0.5, 0.6) is 0 Å². The Bertz CT molecular complexity index is 730. The van der Waals surface area contributed by atoms with Gasteiger partial charge in [-0.1, -0.05) is 25.8 Å². The highest BCUT2D eigenvalue weighted by atomic mass is 19.1. The van der Waals surface area contributed by atoms with E-state index in [-0.39, 0.29) is 17.8 Å². The van der Waals surface area contributed by atoms with Crippen LogP contribution in [0, 0.1) is 5.82 Å². The zero-order chi connectivity index (χ0) is 17.8. The summed E-state index contributed by atoms with van der Waals surface area (Å²) in [5.41, 5.74) is 1.73. The van der Waals surface area contributed by atoms with E-state index in [9.17, 15) is 9.18 Å². The van der Waals surface area contributed by atoms with E-state index >= 15 is 0 Å². The fourth-order valence-corrected chi connectivity index (χ4v) is 3.28. The van der Waals surface area contributed by atoms with Crippen LogP contribution in [0.1, 0.15) is 31.7 Å². The minimum Gasteiger partial charge on any atom is -0.343 e. The van der Waals surface area contributed by atoms with Crippen LogP contribution >= 0.6 is 0 Å². The summed E-state index contributed by atoms with van der Waals surface area (Å²) in [6.07, 6.45) is 6.72. The van der Waals surface area contributed by atoms with Gasteiger partial charge in [0, 0.05) is 38.4 Å². The molecule has 1 saturated heterocycles. The molecule has 0 N–H and O–H groups in total. The number of hydrogen-bond donors (Lipinski definition) is 0. The van der Waals surface area contributed by atoms with Crippen LogP contribution in [0.2, 0.25) is 0 Å². The number of unbranched alkanes of at least 4 members (excludes halogenated alkanes) is 1. The van der Waals surface area contributed by atoms with E-state index in [1.807, 2.05) is 24.2 Å². The van der Waals surface area contributed by atoms with Gasteiger partial charge in [-0.25, -0.2) is 9.07 Å². The van der Waals surface area contributed by atoms with Gasteiger partial charge in [0.1, 0.15) is 5.82 Å². The van der Waals surface area contributed by atoms with E-state index in [1.165, 1.54) is 12.1 Å². The Labute approximate surface area is 148 Å². The second-order valence-electron chi connectivity index (χ2n) is 6.66. The standard InChI is InChI=1S/C19H25FN4O/c1-3-4-8-18-19(25)22(2)9-10-23(18)13-15-12-21-24(14-15)17-7-5-6-16(20)11-17/h5-7,11-12,14,18H,3-4,8-10,13H2,1-2H3/t18-/m0/s1. The van der Waals surface area contributed by atoms with Crippen molar-refractivity contribution in [3.05, 3.63) is 48.0 Å². The summed E-state index contributed by atoms with van der Waals surface area (Å²) in [4.78, 5) is 16.6. The van der Waals surface area contributed by atoms with E-state index in [1.54, 1.807) is 16.9 Å². The third-order valence-electron chi connectivity index (χ3n) is 4.75. The van der Waals surface area contributed by atoms with Gasteiger partial charge in [0.25, 0.3) is 0 Å². The zero-order valence-electron chi connectivity index (χ0n) is 14.9. The van der Waals surface area contributed by atoms with Crippen molar-refractivity contribution in [3.8, 4) is 5.69 Å². The lowest BCUT2D eigenvalue weighted by Crippen LogP contribution is -2.55. The van der Waals surface area contributed by atoms with Crippen molar-refractivity contribution in [2.75, 3.05) is 20.1 Å². The van der Waals surface area contributed by atoms with E-state index in [2.05, 4.69) is 16.9 Å². The van der Waals surface area contributed by atoms with E-state index < -0.39 is 0 Å². The monoisotopic (exact) mass is 344 g/mol. The van der Waals surface area contributed by atoms with Gasteiger partial charge in [0.2, 0.25) is 5.91 Å². The summed E-state index contributed by atoms with van der Waals surface area (Å²) >= 11 is 0.